The Morgan fingerprint density at radius 1 is 1.06 bits per heavy atom. The Kier molecular flexibility index (Phi) is 1.72. The van der Waals surface area contributed by atoms with Crippen LogP contribution in [-0.2, 0) is 15.0 Å². The molecule has 2 N–H and O–H groups in total. The van der Waals surface area contributed by atoms with Gasteiger partial charge in [-0.15, -0.1) is 0 Å². The topological polar surface area (TPSA) is 74.6 Å². The van der Waals surface area contributed by atoms with Crippen molar-refractivity contribution in [1.29, 1.82) is 0 Å². The fraction of sp³-hybridized carbons (Fsp3) is 0.333. The molecule has 2 aliphatic rings. The molecule has 0 radical (unpaired) electrons. The fourth-order valence-electron chi connectivity index (χ4n) is 3.14. The molecule has 4 nitrogen and oxygen atoms in total. The first-order valence-corrected chi connectivity index (χ1v) is 5.23. The van der Waals surface area contributed by atoms with Gasteiger partial charge in [0, 0.05) is 5.41 Å². The van der Waals surface area contributed by atoms with Gasteiger partial charge in [-0.1, -0.05) is 12.1 Å². The summed E-state index contributed by atoms with van der Waals surface area (Å²) in [6.45, 7) is 0. The molecule has 0 aromatic heterocycles. The van der Waals surface area contributed by atoms with Gasteiger partial charge in [-0.05, 0) is 23.6 Å². The molecule has 0 aliphatic heterocycles. The first-order chi connectivity index (χ1) is 8.01. The average molecular weight is 236 g/mol. The number of hydrogen-bond donors (Lipinski definition) is 2. The second kappa shape index (κ2) is 2.85. The van der Waals surface area contributed by atoms with Crippen LogP contribution >= 0.6 is 0 Å². The Hall–Kier alpha value is -1.91. The van der Waals surface area contributed by atoms with Crippen molar-refractivity contribution in [2.24, 2.45) is 17.8 Å². The molecular formula is C12H9FO4. The van der Waals surface area contributed by atoms with Crippen molar-refractivity contribution in [3.8, 4) is 0 Å². The van der Waals surface area contributed by atoms with Crippen LogP contribution in [0.1, 0.15) is 5.56 Å². The monoisotopic (exact) mass is 236 g/mol. The van der Waals surface area contributed by atoms with Gasteiger partial charge in [0.25, 0.3) is 0 Å². The maximum atomic E-state index is 12.8. The van der Waals surface area contributed by atoms with Crippen LogP contribution in [0.25, 0.3) is 0 Å². The van der Waals surface area contributed by atoms with E-state index in [2.05, 4.69) is 0 Å². The molecule has 88 valence electrons. The average Bonchev–Trinajstić information content (AvgIpc) is 3.04. The third-order valence-corrected chi connectivity index (χ3v) is 3.96. The standard InChI is InChI=1S/C12H9FO4/c13-6-3-1-5(2-4-6)12-7(8(12)10(14)15)9(12)11(16)17/h1-4,7-9H,(H,14,15)(H,16,17)/t7?,8-,9-,12?/m0/s1. The van der Waals surface area contributed by atoms with Crippen molar-refractivity contribution >= 4 is 11.9 Å². The number of hydrogen-bond acceptors (Lipinski definition) is 2. The van der Waals surface area contributed by atoms with Gasteiger partial charge in [0.1, 0.15) is 5.82 Å². The van der Waals surface area contributed by atoms with Crippen LogP contribution in [-0.4, -0.2) is 22.2 Å². The molecule has 3 rings (SSSR count). The lowest BCUT2D eigenvalue weighted by atomic mass is 9.90. The van der Waals surface area contributed by atoms with Crippen molar-refractivity contribution in [3.05, 3.63) is 35.6 Å². The Morgan fingerprint density at radius 3 is 1.94 bits per heavy atom. The van der Waals surface area contributed by atoms with Gasteiger partial charge >= 0.3 is 11.9 Å². The van der Waals surface area contributed by atoms with Gasteiger partial charge in [0.2, 0.25) is 0 Å². The van der Waals surface area contributed by atoms with E-state index in [0.29, 0.717) is 5.56 Å². The summed E-state index contributed by atoms with van der Waals surface area (Å²) in [5.74, 6) is -3.96. The smallest absolute Gasteiger partial charge is 0.307 e. The minimum Gasteiger partial charge on any atom is -0.481 e. The third kappa shape index (κ3) is 1.06. The van der Waals surface area contributed by atoms with Gasteiger partial charge in [-0.25, -0.2) is 4.39 Å². The minimum absolute atomic E-state index is 0.331. The number of carboxylic acids is 2. The number of fused-ring (bicyclic) bond motifs is 1. The van der Waals surface area contributed by atoms with E-state index >= 15 is 0 Å². The van der Waals surface area contributed by atoms with Crippen LogP contribution in [0.3, 0.4) is 0 Å². The molecule has 1 aromatic carbocycles. The molecule has 0 heterocycles. The van der Waals surface area contributed by atoms with Gasteiger partial charge < -0.3 is 10.2 Å². The predicted octanol–water partition coefficient (Wildman–Crippen LogP) is 1.11. The van der Waals surface area contributed by atoms with E-state index < -0.39 is 35.0 Å². The van der Waals surface area contributed by atoms with Crippen molar-refractivity contribution in [2.75, 3.05) is 0 Å². The largest absolute Gasteiger partial charge is 0.481 e. The van der Waals surface area contributed by atoms with Crippen LogP contribution in [0.2, 0.25) is 0 Å². The molecule has 0 bridgehead atoms. The predicted molar refractivity (Wildman–Crippen MR) is 53.8 cm³/mol. The number of benzene rings is 1. The zero-order chi connectivity index (χ0) is 12.4. The molecular weight excluding hydrogens is 227 g/mol. The summed E-state index contributed by atoms with van der Waals surface area (Å²) in [7, 11) is 0. The number of aliphatic carboxylic acids is 2. The summed E-state index contributed by atoms with van der Waals surface area (Å²) in [4.78, 5) is 21.9. The summed E-state index contributed by atoms with van der Waals surface area (Å²) in [6.07, 6.45) is 0. The molecule has 17 heavy (non-hydrogen) atoms. The summed E-state index contributed by atoms with van der Waals surface area (Å²) < 4.78 is 12.8. The molecule has 2 atom stereocenters. The van der Waals surface area contributed by atoms with Crippen molar-refractivity contribution in [1.82, 2.24) is 0 Å². The molecule has 5 heteroatoms. The van der Waals surface area contributed by atoms with Crippen LogP contribution in [0.4, 0.5) is 4.39 Å². The van der Waals surface area contributed by atoms with Crippen LogP contribution < -0.4 is 0 Å². The normalized spacial score (nSPS) is 37.1. The molecule has 0 unspecified atom stereocenters. The molecule has 0 spiro atoms. The van der Waals surface area contributed by atoms with Crippen LogP contribution in [0.5, 0.6) is 0 Å². The van der Waals surface area contributed by atoms with E-state index in [-0.39, 0.29) is 5.92 Å². The lowest BCUT2D eigenvalue weighted by Crippen LogP contribution is -2.25. The van der Waals surface area contributed by atoms with Crippen LogP contribution in [0.15, 0.2) is 24.3 Å². The van der Waals surface area contributed by atoms with E-state index in [1.807, 2.05) is 0 Å². The first kappa shape index (κ1) is 10.3. The Morgan fingerprint density at radius 2 is 1.53 bits per heavy atom. The molecule has 0 amide bonds. The highest BCUT2D eigenvalue weighted by Crippen LogP contribution is 2.83. The van der Waals surface area contributed by atoms with Gasteiger partial charge in [0.05, 0.1) is 11.8 Å². The number of rotatable bonds is 3. The first-order valence-electron chi connectivity index (χ1n) is 5.23. The fourth-order valence-corrected chi connectivity index (χ4v) is 3.14. The highest BCUT2D eigenvalue weighted by molar-refractivity contribution is 5.92. The molecule has 2 fully saturated rings. The summed E-state index contributed by atoms with van der Waals surface area (Å²) in [5, 5.41) is 17.9. The van der Waals surface area contributed by atoms with E-state index in [9.17, 15) is 14.0 Å². The number of carboxylic acid groups (broad SMARTS) is 2. The Bertz CT molecular complexity index is 500. The van der Waals surface area contributed by atoms with Crippen molar-refractivity contribution in [2.45, 2.75) is 5.41 Å². The summed E-state index contributed by atoms with van der Waals surface area (Å²) >= 11 is 0. The quantitative estimate of drug-likeness (QED) is 0.824. The third-order valence-electron chi connectivity index (χ3n) is 3.96. The minimum atomic E-state index is -0.975. The zero-order valence-corrected chi connectivity index (χ0v) is 8.63. The lowest BCUT2D eigenvalue weighted by molar-refractivity contribution is -0.144. The second-order valence-corrected chi connectivity index (χ2v) is 4.60. The summed E-state index contributed by atoms with van der Waals surface area (Å²) in [5.41, 5.74) is -0.172. The highest BCUT2D eigenvalue weighted by Gasteiger charge is 2.92. The number of halogens is 1. The van der Waals surface area contributed by atoms with E-state index in [1.165, 1.54) is 24.3 Å². The van der Waals surface area contributed by atoms with E-state index in [0.717, 1.165) is 0 Å². The van der Waals surface area contributed by atoms with Crippen molar-refractivity contribution < 1.29 is 24.2 Å². The molecule has 2 saturated carbocycles. The summed E-state index contributed by atoms with van der Waals surface area (Å²) in [6, 6.07) is 5.42. The lowest BCUT2D eigenvalue weighted by Gasteiger charge is -2.13. The zero-order valence-electron chi connectivity index (χ0n) is 8.63. The van der Waals surface area contributed by atoms with E-state index in [1.54, 1.807) is 0 Å². The molecule has 0 saturated heterocycles. The second-order valence-electron chi connectivity index (χ2n) is 4.60. The maximum absolute atomic E-state index is 12.8. The van der Waals surface area contributed by atoms with Gasteiger partial charge in [0.15, 0.2) is 0 Å². The Labute approximate surface area is 95.7 Å². The van der Waals surface area contributed by atoms with Gasteiger partial charge in [-0.3, -0.25) is 9.59 Å². The number of carbonyl (C=O) groups is 2. The van der Waals surface area contributed by atoms with Crippen LogP contribution in [0, 0.1) is 23.6 Å². The maximum Gasteiger partial charge on any atom is 0.307 e. The molecule has 2 aliphatic carbocycles. The SMILES string of the molecule is O=C(O)[C@@H]1C2[C@@H](C(=O)O)C21c1ccc(F)cc1. The Balaban J connectivity index is 1.97. The molecule has 1 aromatic rings. The van der Waals surface area contributed by atoms with Gasteiger partial charge in [-0.2, -0.15) is 0 Å². The van der Waals surface area contributed by atoms with E-state index in [4.69, 9.17) is 10.2 Å². The van der Waals surface area contributed by atoms with Crippen molar-refractivity contribution in [3.63, 3.8) is 0 Å². The highest BCUT2D eigenvalue weighted by atomic mass is 19.1.